The number of carbonyl (C=O) groups excluding carboxylic acids is 3. The third kappa shape index (κ3) is 5.55. The second kappa shape index (κ2) is 10.2. The third-order valence-electron chi connectivity index (χ3n) is 5.30. The average Bonchev–Trinajstić information content (AvgIpc) is 3.70. The third-order valence-corrected chi connectivity index (χ3v) is 5.30. The van der Waals surface area contributed by atoms with E-state index >= 15 is 0 Å². The van der Waals surface area contributed by atoms with Gasteiger partial charge in [0.2, 0.25) is 5.91 Å². The number of hydrogen-bond acceptors (Lipinski definition) is 6. The van der Waals surface area contributed by atoms with Crippen molar-refractivity contribution in [1.29, 1.82) is 0 Å². The summed E-state index contributed by atoms with van der Waals surface area (Å²) in [5.74, 6) is -1.94. The van der Waals surface area contributed by atoms with Gasteiger partial charge in [-0.05, 0) is 49.2 Å². The monoisotopic (exact) mass is 480 g/mol. The van der Waals surface area contributed by atoms with Crippen LogP contribution < -0.4 is 26.0 Å². The van der Waals surface area contributed by atoms with Crippen molar-refractivity contribution >= 4 is 40.6 Å². The summed E-state index contributed by atoms with van der Waals surface area (Å²) in [5, 5.41) is 10.2. The summed E-state index contributed by atoms with van der Waals surface area (Å²) in [4.78, 5) is 42.0. The predicted octanol–water partition coefficient (Wildman–Crippen LogP) is 3.93. The largest absolute Gasteiger partial charge is 0.494 e. The molecule has 2 aromatic carbocycles. The van der Waals surface area contributed by atoms with Crippen molar-refractivity contribution in [1.82, 2.24) is 10.3 Å². The molecule has 1 saturated carbocycles. The number of nitrogens with zero attached hydrogens (tertiary/aromatic N) is 1. The number of carbonyl (C=O) groups is 3. The van der Waals surface area contributed by atoms with Gasteiger partial charge in [-0.15, -0.1) is 0 Å². The molecule has 0 radical (unpaired) electrons. The van der Waals surface area contributed by atoms with Gasteiger partial charge < -0.3 is 26.0 Å². The van der Waals surface area contributed by atoms with Crippen molar-refractivity contribution in [3.05, 3.63) is 71.7 Å². The molecular weight excluding hydrogens is 453 g/mol. The SMILES string of the molecule is [2H]C([2H])([2H])NC(=O)c1cnc(NC(=O)C2CC2)cc1Nc1cccc(C(=O)Nc2ccc(F)cc2)c1OC. The Labute approximate surface area is 205 Å². The Bertz CT molecular complexity index is 1380. The fraction of sp³-hybridized carbons (Fsp3) is 0.200. The normalized spacial score (nSPS) is 14.1. The maximum absolute atomic E-state index is 13.2. The average molecular weight is 481 g/mol. The molecule has 180 valence electrons. The summed E-state index contributed by atoms with van der Waals surface area (Å²) in [6.45, 7) is -2.75. The van der Waals surface area contributed by atoms with Gasteiger partial charge in [-0.1, -0.05) is 6.07 Å². The summed E-state index contributed by atoms with van der Waals surface area (Å²) < 4.78 is 40.8. The van der Waals surface area contributed by atoms with Crippen molar-refractivity contribution in [3.8, 4) is 5.75 Å². The van der Waals surface area contributed by atoms with Gasteiger partial charge in [-0.25, -0.2) is 9.37 Å². The number of nitrogens with one attached hydrogen (secondary N) is 4. The first kappa shape index (κ1) is 20.0. The van der Waals surface area contributed by atoms with Crippen LogP contribution in [0, 0.1) is 11.7 Å². The van der Waals surface area contributed by atoms with Crippen molar-refractivity contribution in [2.75, 3.05) is 30.0 Å². The zero-order chi connectivity index (χ0) is 27.4. The molecule has 1 aliphatic carbocycles. The number of aromatic nitrogens is 1. The van der Waals surface area contributed by atoms with E-state index in [0.717, 1.165) is 19.0 Å². The molecule has 1 aliphatic rings. The Hall–Kier alpha value is -4.47. The number of ether oxygens (including phenoxy) is 1. The zero-order valence-corrected chi connectivity index (χ0v) is 18.6. The minimum absolute atomic E-state index is 0.0943. The van der Waals surface area contributed by atoms with E-state index in [1.165, 1.54) is 43.5 Å². The van der Waals surface area contributed by atoms with Crippen molar-refractivity contribution in [2.45, 2.75) is 12.8 Å². The number of amides is 3. The number of methoxy groups -OCH3 is 1. The number of halogens is 1. The minimum Gasteiger partial charge on any atom is -0.494 e. The van der Waals surface area contributed by atoms with Crippen LogP contribution in [0.15, 0.2) is 54.7 Å². The fourth-order valence-corrected chi connectivity index (χ4v) is 3.36. The smallest absolute Gasteiger partial charge is 0.259 e. The van der Waals surface area contributed by atoms with Crippen LogP contribution in [0.2, 0.25) is 0 Å². The van der Waals surface area contributed by atoms with Crippen molar-refractivity contribution in [2.24, 2.45) is 5.92 Å². The molecule has 4 N–H and O–H groups in total. The summed E-state index contributed by atoms with van der Waals surface area (Å²) in [5.41, 5.74) is 0.765. The van der Waals surface area contributed by atoms with Crippen molar-refractivity contribution in [3.63, 3.8) is 0 Å². The highest BCUT2D eigenvalue weighted by atomic mass is 19.1. The second-order valence-corrected chi connectivity index (χ2v) is 7.81. The van der Waals surface area contributed by atoms with E-state index < -0.39 is 24.6 Å². The maximum atomic E-state index is 13.2. The lowest BCUT2D eigenvalue weighted by molar-refractivity contribution is -0.117. The lowest BCUT2D eigenvalue weighted by Gasteiger charge is -2.17. The molecule has 3 aromatic rings. The van der Waals surface area contributed by atoms with Gasteiger partial charge in [-0.2, -0.15) is 0 Å². The first-order valence-electron chi connectivity index (χ1n) is 12.2. The fourth-order valence-electron chi connectivity index (χ4n) is 3.36. The van der Waals surface area contributed by atoms with Crippen LogP contribution in [-0.4, -0.2) is 36.8 Å². The molecule has 0 unspecified atom stereocenters. The second-order valence-electron chi connectivity index (χ2n) is 7.81. The minimum atomic E-state index is -2.75. The number of para-hydroxylation sites is 1. The molecule has 10 heteroatoms. The van der Waals surface area contributed by atoms with E-state index in [2.05, 4.69) is 20.9 Å². The molecule has 1 heterocycles. The lowest BCUT2D eigenvalue weighted by Crippen LogP contribution is -2.21. The quantitative estimate of drug-likeness (QED) is 0.388. The maximum Gasteiger partial charge on any atom is 0.259 e. The van der Waals surface area contributed by atoms with Gasteiger partial charge in [0.05, 0.1) is 29.6 Å². The van der Waals surface area contributed by atoms with E-state index in [-0.39, 0.29) is 45.9 Å². The van der Waals surface area contributed by atoms with Gasteiger partial charge in [0.1, 0.15) is 11.6 Å². The van der Waals surface area contributed by atoms with Gasteiger partial charge in [0.25, 0.3) is 11.8 Å². The summed E-state index contributed by atoms with van der Waals surface area (Å²) in [6, 6.07) is 11.3. The van der Waals surface area contributed by atoms with Crippen LogP contribution in [-0.2, 0) is 4.79 Å². The van der Waals surface area contributed by atoms with E-state index in [4.69, 9.17) is 8.85 Å². The number of hydrogen-bond donors (Lipinski definition) is 4. The van der Waals surface area contributed by atoms with Gasteiger partial charge in [0, 0.05) is 35.0 Å². The number of benzene rings is 2. The number of rotatable bonds is 8. The van der Waals surface area contributed by atoms with E-state index in [0.29, 0.717) is 5.69 Å². The standard InChI is InChI=1S/C25H24FN5O4/c1-27-24(33)18-13-28-21(31-23(32)14-6-7-14)12-20(18)30-19-5-3-4-17(22(19)35-2)25(34)29-16-10-8-15(26)9-11-16/h3-5,8-14H,6-7H2,1-2H3,(H,27,33)(H,29,34)(H2,28,30,31,32)/i1D3. The van der Waals surface area contributed by atoms with Crippen LogP contribution >= 0.6 is 0 Å². The summed E-state index contributed by atoms with van der Waals surface area (Å²) >= 11 is 0. The lowest BCUT2D eigenvalue weighted by atomic mass is 10.1. The topological polar surface area (TPSA) is 121 Å². The molecule has 4 rings (SSSR count). The number of anilines is 4. The van der Waals surface area contributed by atoms with Crippen LogP contribution in [0.5, 0.6) is 5.75 Å². The highest BCUT2D eigenvalue weighted by Gasteiger charge is 2.30. The Morgan fingerprint density at radius 1 is 1.03 bits per heavy atom. The first-order chi connectivity index (χ1) is 18.0. The first-order valence-corrected chi connectivity index (χ1v) is 10.7. The molecule has 0 bridgehead atoms. The molecule has 0 aliphatic heterocycles. The Balaban J connectivity index is 1.66. The molecule has 3 amide bonds. The van der Waals surface area contributed by atoms with Gasteiger partial charge in [0.15, 0.2) is 5.75 Å². The molecule has 1 aromatic heterocycles. The molecule has 0 atom stereocenters. The molecule has 0 spiro atoms. The summed E-state index contributed by atoms with van der Waals surface area (Å²) in [7, 11) is 1.35. The Morgan fingerprint density at radius 2 is 1.80 bits per heavy atom. The van der Waals surface area contributed by atoms with Crippen LogP contribution in [0.4, 0.5) is 27.3 Å². The highest BCUT2D eigenvalue weighted by Crippen LogP contribution is 2.34. The molecule has 0 saturated heterocycles. The van der Waals surface area contributed by atoms with E-state index in [1.54, 1.807) is 12.1 Å². The predicted molar refractivity (Wildman–Crippen MR) is 130 cm³/mol. The van der Waals surface area contributed by atoms with Gasteiger partial charge >= 0.3 is 0 Å². The Morgan fingerprint density at radius 3 is 2.49 bits per heavy atom. The van der Waals surface area contributed by atoms with E-state index in [9.17, 15) is 18.8 Å². The van der Waals surface area contributed by atoms with Crippen LogP contribution in [0.1, 0.15) is 37.7 Å². The molecule has 35 heavy (non-hydrogen) atoms. The van der Waals surface area contributed by atoms with Crippen LogP contribution in [0.3, 0.4) is 0 Å². The van der Waals surface area contributed by atoms with Gasteiger partial charge in [-0.3, -0.25) is 14.4 Å². The summed E-state index contributed by atoms with van der Waals surface area (Å²) in [6.07, 6.45) is 2.70. The molecule has 9 nitrogen and oxygen atoms in total. The highest BCUT2D eigenvalue weighted by molar-refractivity contribution is 6.08. The van der Waals surface area contributed by atoms with Crippen molar-refractivity contribution < 1.29 is 27.6 Å². The number of pyridine rings is 1. The van der Waals surface area contributed by atoms with E-state index in [1.807, 2.05) is 5.32 Å². The molecule has 1 fully saturated rings. The van der Waals surface area contributed by atoms with Crippen LogP contribution in [0.25, 0.3) is 0 Å². The Kier molecular flexibility index (Phi) is 5.82. The zero-order valence-electron chi connectivity index (χ0n) is 21.6. The molecular formula is C25H24FN5O4.